The number of nitrogen functional groups attached to an aromatic ring is 1. The van der Waals surface area contributed by atoms with Crippen molar-refractivity contribution >= 4 is 17.4 Å². The minimum Gasteiger partial charge on any atom is -0.396 e. The zero-order chi connectivity index (χ0) is 12.1. The number of rotatable bonds is 2. The van der Waals surface area contributed by atoms with E-state index in [0.717, 1.165) is 25.7 Å². The Bertz CT molecular complexity index is 384. The van der Waals surface area contributed by atoms with Crippen molar-refractivity contribution in [1.82, 2.24) is 4.98 Å². The van der Waals surface area contributed by atoms with Gasteiger partial charge in [0.05, 0.1) is 5.69 Å². The van der Waals surface area contributed by atoms with Crippen molar-refractivity contribution in [3.8, 4) is 0 Å². The van der Waals surface area contributed by atoms with Gasteiger partial charge in [0.15, 0.2) is 5.82 Å². The molecule has 1 heterocycles. The van der Waals surface area contributed by atoms with E-state index in [9.17, 15) is 4.79 Å². The largest absolute Gasteiger partial charge is 0.396 e. The van der Waals surface area contributed by atoms with Crippen molar-refractivity contribution in [2.24, 2.45) is 5.92 Å². The van der Waals surface area contributed by atoms with Crippen molar-refractivity contribution in [3.63, 3.8) is 0 Å². The van der Waals surface area contributed by atoms with Crippen molar-refractivity contribution < 1.29 is 4.79 Å². The fourth-order valence-corrected chi connectivity index (χ4v) is 2.28. The van der Waals surface area contributed by atoms with E-state index in [0.29, 0.717) is 11.5 Å². The number of nitrogens with two attached hydrogens (primary N) is 1. The molecule has 92 valence electrons. The normalized spacial score (nSPS) is 17.4. The molecule has 0 bridgehead atoms. The van der Waals surface area contributed by atoms with E-state index < -0.39 is 0 Å². The van der Waals surface area contributed by atoms with Gasteiger partial charge in [0.1, 0.15) is 0 Å². The summed E-state index contributed by atoms with van der Waals surface area (Å²) < 4.78 is 0. The van der Waals surface area contributed by atoms with Gasteiger partial charge >= 0.3 is 0 Å². The first-order valence-corrected chi connectivity index (χ1v) is 6.29. The number of aromatic nitrogens is 1. The lowest BCUT2D eigenvalue weighted by Crippen LogP contribution is -2.23. The molecule has 0 atom stereocenters. The van der Waals surface area contributed by atoms with Crippen molar-refractivity contribution in [2.45, 2.75) is 38.5 Å². The number of pyridine rings is 1. The molecule has 1 aromatic heterocycles. The Morgan fingerprint density at radius 1 is 1.29 bits per heavy atom. The molecule has 0 saturated heterocycles. The molecule has 4 nitrogen and oxygen atoms in total. The molecule has 17 heavy (non-hydrogen) atoms. The van der Waals surface area contributed by atoms with Gasteiger partial charge in [-0.1, -0.05) is 25.7 Å². The lowest BCUT2D eigenvalue weighted by molar-refractivity contribution is -0.120. The average molecular weight is 233 g/mol. The third-order valence-electron chi connectivity index (χ3n) is 3.31. The fraction of sp³-hybridized carbons (Fsp3) is 0.538. The molecule has 0 aliphatic heterocycles. The molecule has 1 aromatic rings. The Morgan fingerprint density at radius 2 is 2.00 bits per heavy atom. The molecule has 2 rings (SSSR count). The first kappa shape index (κ1) is 11.9. The molecule has 0 unspecified atom stereocenters. The van der Waals surface area contributed by atoms with Gasteiger partial charge in [-0.15, -0.1) is 0 Å². The molecule has 1 aliphatic rings. The van der Waals surface area contributed by atoms with Crippen LogP contribution in [-0.2, 0) is 4.79 Å². The Hall–Kier alpha value is -1.58. The van der Waals surface area contributed by atoms with Crippen LogP contribution in [0.4, 0.5) is 11.5 Å². The summed E-state index contributed by atoms with van der Waals surface area (Å²) >= 11 is 0. The number of hydrogen-bond donors (Lipinski definition) is 2. The summed E-state index contributed by atoms with van der Waals surface area (Å²) in [5.41, 5.74) is 6.27. The molecule has 1 amide bonds. The smallest absolute Gasteiger partial charge is 0.228 e. The van der Waals surface area contributed by atoms with Crippen molar-refractivity contribution in [2.75, 3.05) is 11.1 Å². The van der Waals surface area contributed by atoms with E-state index in [2.05, 4.69) is 10.3 Å². The minimum atomic E-state index is 0.0669. The average Bonchev–Trinajstić information content (AvgIpc) is 2.61. The second-order valence-corrected chi connectivity index (χ2v) is 4.62. The Kier molecular flexibility index (Phi) is 3.96. The Labute approximate surface area is 102 Å². The lowest BCUT2D eigenvalue weighted by atomic mass is 9.99. The van der Waals surface area contributed by atoms with Crippen LogP contribution < -0.4 is 11.1 Å². The van der Waals surface area contributed by atoms with Crippen LogP contribution in [0.1, 0.15) is 38.5 Å². The Morgan fingerprint density at radius 3 is 2.65 bits per heavy atom. The van der Waals surface area contributed by atoms with Crippen LogP contribution in [0.2, 0.25) is 0 Å². The van der Waals surface area contributed by atoms with Gasteiger partial charge in [-0.2, -0.15) is 0 Å². The van der Waals surface area contributed by atoms with Crippen molar-refractivity contribution in [1.29, 1.82) is 0 Å². The first-order valence-electron chi connectivity index (χ1n) is 6.29. The van der Waals surface area contributed by atoms with Crippen molar-refractivity contribution in [3.05, 3.63) is 18.3 Å². The molecule has 1 aliphatic carbocycles. The van der Waals surface area contributed by atoms with Crippen LogP contribution in [0.15, 0.2) is 18.3 Å². The highest BCUT2D eigenvalue weighted by Crippen LogP contribution is 2.24. The number of hydrogen-bond acceptors (Lipinski definition) is 3. The van der Waals surface area contributed by atoms with Gasteiger partial charge in [-0.3, -0.25) is 4.79 Å². The van der Waals surface area contributed by atoms with Crippen LogP contribution in [-0.4, -0.2) is 10.9 Å². The zero-order valence-corrected chi connectivity index (χ0v) is 9.98. The maximum absolute atomic E-state index is 12.1. The SMILES string of the molecule is Nc1cccnc1NC(=O)C1CCCCCC1. The Balaban J connectivity index is 1.98. The third kappa shape index (κ3) is 3.19. The van der Waals surface area contributed by atoms with Gasteiger partial charge in [0.2, 0.25) is 5.91 Å². The predicted molar refractivity (Wildman–Crippen MR) is 68.5 cm³/mol. The summed E-state index contributed by atoms with van der Waals surface area (Å²) in [5, 5.41) is 2.83. The second kappa shape index (κ2) is 5.66. The van der Waals surface area contributed by atoms with Crippen LogP contribution in [0.25, 0.3) is 0 Å². The van der Waals surface area contributed by atoms with Gasteiger partial charge in [-0.05, 0) is 25.0 Å². The molecule has 4 heteroatoms. The van der Waals surface area contributed by atoms with Crippen LogP contribution in [0, 0.1) is 5.92 Å². The maximum atomic E-state index is 12.1. The highest BCUT2D eigenvalue weighted by molar-refractivity contribution is 5.94. The minimum absolute atomic E-state index is 0.0669. The summed E-state index contributed by atoms with van der Waals surface area (Å²) in [6.45, 7) is 0. The zero-order valence-electron chi connectivity index (χ0n) is 9.98. The molecule has 0 spiro atoms. The summed E-state index contributed by atoms with van der Waals surface area (Å²) in [5.74, 6) is 0.679. The van der Waals surface area contributed by atoms with E-state index >= 15 is 0 Å². The quantitative estimate of drug-likeness (QED) is 0.771. The number of nitrogens with one attached hydrogen (secondary N) is 1. The number of carbonyl (C=O) groups excluding carboxylic acids is 1. The molecule has 3 N–H and O–H groups in total. The molecular weight excluding hydrogens is 214 g/mol. The van der Waals surface area contributed by atoms with Gasteiger partial charge in [0.25, 0.3) is 0 Å². The van der Waals surface area contributed by atoms with E-state index in [1.807, 2.05) is 0 Å². The summed E-state index contributed by atoms with van der Waals surface area (Å²) in [7, 11) is 0. The highest BCUT2D eigenvalue weighted by Gasteiger charge is 2.20. The number of amides is 1. The van der Waals surface area contributed by atoms with Crippen LogP contribution in [0.3, 0.4) is 0 Å². The molecule has 1 saturated carbocycles. The van der Waals surface area contributed by atoms with E-state index in [4.69, 9.17) is 5.73 Å². The third-order valence-corrected chi connectivity index (χ3v) is 3.31. The topological polar surface area (TPSA) is 68.0 Å². The molecular formula is C13H19N3O. The number of anilines is 2. The van der Waals surface area contributed by atoms with Crippen LogP contribution >= 0.6 is 0 Å². The van der Waals surface area contributed by atoms with Crippen LogP contribution in [0.5, 0.6) is 0 Å². The van der Waals surface area contributed by atoms with E-state index in [1.165, 1.54) is 12.8 Å². The lowest BCUT2D eigenvalue weighted by Gasteiger charge is -2.14. The number of carbonyl (C=O) groups is 1. The van der Waals surface area contributed by atoms with Gasteiger partial charge in [0, 0.05) is 12.1 Å². The summed E-state index contributed by atoms with van der Waals surface area (Å²) in [6.07, 6.45) is 8.40. The first-order chi connectivity index (χ1) is 8.27. The summed E-state index contributed by atoms with van der Waals surface area (Å²) in [4.78, 5) is 16.1. The van der Waals surface area contributed by atoms with Gasteiger partial charge < -0.3 is 11.1 Å². The van der Waals surface area contributed by atoms with Gasteiger partial charge in [-0.25, -0.2) is 4.98 Å². The van der Waals surface area contributed by atoms with E-state index in [-0.39, 0.29) is 11.8 Å². The second-order valence-electron chi connectivity index (χ2n) is 4.62. The predicted octanol–water partition coefficient (Wildman–Crippen LogP) is 2.57. The fourth-order valence-electron chi connectivity index (χ4n) is 2.28. The number of nitrogens with zero attached hydrogens (tertiary/aromatic N) is 1. The molecule has 1 fully saturated rings. The van der Waals surface area contributed by atoms with E-state index in [1.54, 1.807) is 18.3 Å². The maximum Gasteiger partial charge on any atom is 0.228 e. The molecule has 0 radical (unpaired) electrons. The molecule has 0 aromatic carbocycles. The highest BCUT2D eigenvalue weighted by atomic mass is 16.1. The monoisotopic (exact) mass is 233 g/mol. The summed E-state index contributed by atoms with van der Waals surface area (Å²) in [6, 6.07) is 3.51. The standard InChI is InChI=1S/C13H19N3O/c14-11-8-5-9-15-12(11)16-13(17)10-6-3-1-2-4-7-10/h5,8-10H,1-4,6-7,14H2,(H,15,16,17).